The highest BCUT2D eigenvalue weighted by Gasteiger charge is 2.30. The summed E-state index contributed by atoms with van der Waals surface area (Å²) in [6.45, 7) is 1.23. The summed E-state index contributed by atoms with van der Waals surface area (Å²) in [4.78, 5) is 14.5. The van der Waals surface area contributed by atoms with E-state index in [1.54, 1.807) is 16.9 Å². The molecule has 1 aromatic carbocycles. The molecule has 0 spiro atoms. The van der Waals surface area contributed by atoms with Gasteiger partial charge in [-0.15, -0.1) is 0 Å². The van der Waals surface area contributed by atoms with Gasteiger partial charge in [0.15, 0.2) is 5.76 Å². The van der Waals surface area contributed by atoms with Crippen LogP contribution >= 0.6 is 0 Å². The molecular weight excluding hydrogens is 316 g/mol. The first kappa shape index (κ1) is 15.7. The van der Waals surface area contributed by atoms with E-state index in [1.165, 1.54) is 0 Å². The van der Waals surface area contributed by atoms with Crippen LogP contribution in [-0.4, -0.2) is 39.7 Å². The number of para-hydroxylation sites is 1. The Morgan fingerprint density at radius 3 is 2.88 bits per heavy atom. The molecule has 0 saturated carbocycles. The van der Waals surface area contributed by atoms with E-state index in [0.29, 0.717) is 18.1 Å². The fourth-order valence-corrected chi connectivity index (χ4v) is 3.27. The molecule has 25 heavy (non-hydrogen) atoms. The highest BCUT2D eigenvalue weighted by Crippen LogP contribution is 2.25. The number of aromatic nitrogens is 2. The Morgan fingerprint density at radius 2 is 2.08 bits per heavy atom. The Balaban J connectivity index is 1.56. The normalized spacial score (nSPS) is 17.2. The van der Waals surface area contributed by atoms with E-state index < -0.39 is 0 Å². The predicted octanol–water partition coefficient (Wildman–Crippen LogP) is 2.70. The van der Waals surface area contributed by atoms with Crippen LogP contribution in [0.1, 0.15) is 23.4 Å². The fourth-order valence-electron chi connectivity index (χ4n) is 3.27. The van der Waals surface area contributed by atoms with Crippen molar-refractivity contribution < 1.29 is 9.21 Å². The molecule has 4 rings (SSSR count). The monoisotopic (exact) mass is 336 g/mol. The predicted molar refractivity (Wildman–Crippen MR) is 94.4 cm³/mol. The highest BCUT2D eigenvalue weighted by molar-refractivity contribution is 5.92. The number of hydrogen-bond donors (Lipinski definition) is 1. The maximum Gasteiger partial charge on any atom is 0.289 e. The van der Waals surface area contributed by atoms with Crippen molar-refractivity contribution in [1.29, 1.82) is 0 Å². The van der Waals surface area contributed by atoms with Crippen LogP contribution in [-0.2, 0) is 0 Å². The number of nitrogens with zero attached hydrogens (tertiary/aromatic N) is 3. The van der Waals surface area contributed by atoms with E-state index in [4.69, 9.17) is 10.2 Å². The van der Waals surface area contributed by atoms with Crippen molar-refractivity contribution in [3.8, 4) is 17.0 Å². The second kappa shape index (κ2) is 6.57. The summed E-state index contributed by atoms with van der Waals surface area (Å²) in [5.41, 5.74) is 7.56. The third-order valence-electron chi connectivity index (χ3n) is 4.61. The van der Waals surface area contributed by atoms with Gasteiger partial charge in [-0.3, -0.25) is 4.79 Å². The lowest BCUT2D eigenvalue weighted by atomic mass is 10.2. The lowest BCUT2D eigenvalue weighted by Crippen LogP contribution is -2.39. The minimum absolute atomic E-state index is 0.0883. The highest BCUT2D eigenvalue weighted by atomic mass is 16.4. The Bertz CT molecular complexity index is 868. The van der Waals surface area contributed by atoms with Gasteiger partial charge >= 0.3 is 0 Å². The summed E-state index contributed by atoms with van der Waals surface area (Å²) in [7, 11) is 0. The molecular formula is C19H20N4O2. The number of amides is 1. The molecule has 0 aliphatic carbocycles. The number of likely N-dealkylation sites (tertiary alicyclic amines) is 1. The number of furan rings is 1. The molecule has 3 heterocycles. The van der Waals surface area contributed by atoms with Crippen molar-refractivity contribution in [2.45, 2.75) is 18.9 Å². The smallest absolute Gasteiger partial charge is 0.289 e. The zero-order chi connectivity index (χ0) is 17.2. The Labute approximate surface area is 145 Å². The van der Waals surface area contributed by atoms with Crippen LogP contribution in [0.5, 0.6) is 0 Å². The summed E-state index contributed by atoms with van der Waals surface area (Å²) >= 11 is 0. The number of rotatable bonds is 4. The van der Waals surface area contributed by atoms with E-state index in [1.807, 2.05) is 47.5 Å². The molecule has 1 aliphatic heterocycles. The molecule has 1 aliphatic rings. The van der Waals surface area contributed by atoms with Crippen LogP contribution < -0.4 is 5.73 Å². The maximum atomic E-state index is 12.6. The molecule has 1 saturated heterocycles. The van der Waals surface area contributed by atoms with Crippen LogP contribution in [0.15, 0.2) is 59.3 Å². The van der Waals surface area contributed by atoms with E-state index in [2.05, 4.69) is 5.10 Å². The zero-order valence-corrected chi connectivity index (χ0v) is 13.8. The van der Waals surface area contributed by atoms with Gasteiger partial charge in [0.05, 0.1) is 17.4 Å². The number of benzene rings is 1. The van der Waals surface area contributed by atoms with Gasteiger partial charge in [-0.25, -0.2) is 4.68 Å². The lowest BCUT2D eigenvalue weighted by Gasteiger charge is -2.22. The van der Waals surface area contributed by atoms with Gasteiger partial charge in [-0.2, -0.15) is 5.10 Å². The van der Waals surface area contributed by atoms with Crippen molar-refractivity contribution in [3.63, 3.8) is 0 Å². The molecule has 128 valence electrons. The third-order valence-corrected chi connectivity index (χ3v) is 4.61. The number of carbonyl (C=O) groups is 1. The molecule has 0 radical (unpaired) electrons. The molecule has 1 amide bonds. The molecule has 1 fully saturated rings. The van der Waals surface area contributed by atoms with Gasteiger partial charge in [-0.1, -0.05) is 18.2 Å². The van der Waals surface area contributed by atoms with E-state index in [0.717, 1.165) is 30.6 Å². The average Bonchev–Trinajstić information content (AvgIpc) is 3.41. The molecule has 2 N–H and O–H groups in total. The van der Waals surface area contributed by atoms with Crippen molar-refractivity contribution in [2.75, 3.05) is 13.1 Å². The summed E-state index contributed by atoms with van der Waals surface area (Å²) in [5, 5.41) is 4.36. The van der Waals surface area contributed by atoms with Crippen LogP contribution in [0.2, 0.25) is 0 Å². The number of nitrogens with two attached hydrogens (primary N) is 1. The van der Waals surface area contributed by atoms with Gasteiger partial charge in [0.1, 0.15) is 5.76 Å². The largest absolute Gasteiger partial charge is 0.451 e. The lowest BCUT2D eigenvalue weighted by molar-refractivity contribution is 0.0710. The van der Waals surface area contributed by atoms with Gasteiger partial charge < -0.3 is 15.1 Å². The summed E-state index contributed by atoms with van der Waals surface area (Å²) < 4.78 is 7.58. The van der Waals surface area contributed by atoms with Crippen molar-refractivity contribution in [2.24, 2.45) is 5.73 Å². The molecule has 0 unspecified atom stereocenters. The molecule has 2 aromatic heterocycles. The van der Waals surface area contributed by atoms with Gasteiger partial charge in [0.25, 0.3) is 5.91 Å². The van der Waals surface area contributed by atoms with Crippen molar-refractivity contribution >= 4 is 5.91 Å². The number of carbonyl (C=O) groups excluding carboxylic acids is 1. The standard InChI is InChI=1S/C19H20N4O2/c20-11-16-7-4-10-22(16)19(24)18-9-8-17(25-18)14-12-21-23(13-14)15-5-2-1-3-6-15/h1-3,5-6,8-9,12-13,16H,4,7,10-11,20H2/t16-/m1/s1. The van der Waals surface area contributed by atoms with Crippen molar-refractivity contribution in [1.82, 2.24) is 14.7 Å². The molecule has 0 bridgehead atoms. The summed E-state index contributed by atoms with van der Waals surface area (Å²) in [6, 6.07) is 13.5. The van der Waals surface area contributed by atoms with Crippen LogP contribution in [0.25, 0.3) is 17.0 Å². The maximum absolute atomic E-state index is 12.6. The second-order valence-corrected chi connectivity index (χ2v) is 6.20. The summed E-state index contributed by atoms with van der Waals surface area (Å²) in [5.74, 6) is 0.895. The molecule has 3 aromatic rings. The summed E-state index contributed by atoms with van der Waals surface area (Å²) in [6.07, 6.45) is 5.57. The van der Waals surface area contributed by atoms with E-state index in [9.17, 15) is 4.79 Å². The first-order valence-corrected chi connectivity index (χ1v) is 8.47. The van der Waals surface area contributed by atoms with Crippen LogP contribution in [0, 0.1) is 0 Å². The SMILES string of the molecule is NC[C@H]1CCCN1C(=O)c1ccc(-c2cnn(-c3ccccc3)c2)o1. The van der Waals surface area contributed by atoms with Crippen LogP contribution in [0.3, 0.4) is 0 Å². The average molecular weight is 336 g/mol. The fraction of sp³-hybridized carbons (Fsp3) is 0.263. The quantitative estimate of drug-likeness (QED) is 0.794. The molecule has 1 atom stereocenters. The van der Waals surface area contributed by atoms with Gasteiger partial charge in [-0.05, 0) is 37.1 Å². The first-order chi connectivity index (χ1) is 12.3. The molecule has 6 heteroatoms. The van der Waals surface area contributed by atoms with Crippen LogP contribution in [0.4, 0.5) is 0 Å². The van der Waals surface area contributed by atoms with Gasteiger partial charge in [0, 0.05) is 25.3 Å². The minimum atomic E-state index is -0.0883. The topological polar surface area (TPSA) is 77.3 Å². The minimum Gasteiger partial charge on any atom is -0.451 e. The first-order valence-electron chi connectivity index (χ1n) is 8.47. The Kier molecular flexibility index (Phi) is 4.11. The van der Waals surface area contributed by atoms with Crippen molar-refractivity contribution in [3.05, 3.63) is 60.6 Å². The van der Waals surface area contributed by atoms with Gasteiger partial charge in [0.2, 0.25) is 0 Å². The Morgan fingerprint density at radius 1 is 1.24 bits per heavy atom. The van der Waals surface area contributed by atoms with E-state index in [-0.39, 0.29) is 11.9 Å². The van der Waals surface area contributed by atoms with E-state index >= 15 is 0 Å². The zero-order valence-electron chi connectivity index (χ0n) is 13.8. The molecule has 6 nitrogen and oxygen atoms in total. The third kappa shape index (κ3) is 2.96. The Hall–Kier alpha value is -2.86. The number of hydrogen-bond acceptors (Lipinski definition) is 4. The second-order valence-electron chi connectivity index (χ2n) is 6.20.